The topological polar surface area (TPSA) is 27.1 Å². The smallest absolute Gasteiger partial charge is 0.148 e. The van der Waals surface area contributed by atoms with Crippen LogP contribution >= 0.6 is 12.4 Å². The van der Waals surface area contributed by atoms with Crippen molar-refractivity contribution in [1.82, 2.24) is 9.55 Å². The highest BCUT2D eigenvalue weighted by atomic mass is 35.5. The summed E-state index contributed by atoms with van der Waals surface area (Å²) in [5, 5.41) is 2.33. The lowest BCUT2D eigenvalue weighted by molar-refractivity contribution is 0.291. The van der Waals surface area contributed by atoms with E-state index >= 15 is 0 Å². The number of rotatable bonds is 5. The van der Waals surface area contributed by atoms with Gasteiger partial charge in [-0.3, -0.25) is 0 Å². The number of halogens is 1. The third kappa shape index (κ3) is 3.54. The average Bonchev–Trinajstić information content (AvgIpc) is 2.97. The van der Waals surface area contributed by atoms with Gasteiger partial charge in [-0.25, -0.2) is 4.98 Å². The lowest BCUT2D eigenvalue weighted by Crippen LogP contribution is -2.11. The van der Waals surface area contributed by atoms with E-state index in [-0.39, 0.29) is 12.4 Å². The normalized spacial score (nSPS) is 11.0. The number of ether oxygens (including phenoxy) is 1. The second kappa shape index (κ2) is 7.79. The fourth-order valence-corrected chi connectivity index (χ4v) is 3.27. The summed E-state index contributed by atoms with van der Waals surface area (Å²) in [6.45, 7) is 5.86. The second-order valence-electron chi connectivity index (χ2n) is 6.79. The Morgan fingerprint density at radius 3 is 2.50 bits per heavy atom. The molecule has 0 atom stereocenters. The molecule has 3 aromatic carbocycles. The number of nitrogens with zero attached hydrogens (tertiary/aromatic N) is 2. The Balaban J connectivity index is 0.00000196. The molecule has 0 aliphatic rings. The van der Waals surface area contributed by atoms with Gasteiger partial charge >= 0.3 is 0 Å². The molecule has 4 aromatic rings. The molecule has 0 fully saturated rings. The zero-order valence-corrected chi connectivity index (χ0v) is 15.9. The number of aromatic nitrogens is 2. The van der Waals surface area contributed by atoms with E-state index < -0.39 is 0 Å². The number of hydrogen-bond donors (Lipinski definition) is 0. The summed E-state index contributed by atoms with van der Waals surface area (Å²) in [5.41, 5.74) is 2.20. The quantitative estimate of drug-likeness (QED) is 0.443. The van der Waals surface area contributed by atoms with Crippen molar-refractivity contribution in [2.45, 2.75) is 27.0 Å². The van der Waals surface area contributed by atoms with Gasteiger partial charge in [0.05, 0.1) is 11.0 Å². The summed E-state index contributed by atoms with van der Waals surface area (Å²) in [5.74, 6) is 2.43. The van der Waals surface area contributed by atoms with Crippen LogP contribution in [0.15, 0.2) is 66.7 Å². The summed E-state index contributed by atoms with van der Waals surface area (Å²) < 4.78 is 8.46. The first-order valence-electron chi connectivity index (χ1n) is 8.77. The highest BCUT2D eigenvalue weighted by molar-refractivity contribution is 5.88. The Bertz CT molecular complexity index is 1020. The molecule has 0 unspecified atom stereocenters. The third-order valence-corrected chi connectivity index (χ3v) is 4.39. The lowest BCUT2D eigenvalue weighted by Gasteiger charge is -2.13. The van der Waals surface area contributed by atoms with Gasteiger partial charge in [0.15, 0.2) is 0 Å². The second-order valence-corrected chi connectivity index (χ2v) is 6.79. The first-order chi connectivity index (χ1) is 12.2. The SMILES string of the molecule is CC(C)Cn1c(COc2cccc3ccccc23)nc2ccccc21.Cl. The van der Waals surface area contributed by atoms with Crippen LogP contribution in [-0.2, 0) is 13.2 Å². The maximum atomic E-state index is 6.17. The maximum Gasteiger partial charge on any atom is 0.148 e. The van der Waals surface area contributed by atoms with E-state index in [2.05, 4.69) is 54.8 Å². The lowest BCUT2D eigenvalue weighted by atomic mass is 10.1. The molecule has 26 heavy (non-hydrogen) atoms. The van der Waals surface area contributed by atoms with Crippen molar-refractivity contribution in [2.75, 3.05) is 0 Å². The molecule has 4 heteroatoms. The zero-order valence-electron chi connectivity index (χ0n) is 15.1. The minimum Gasteiger partial charge on any atom is -0.485 e. The summed E-state index contributed by atoms with van der Waals surface area (Å²) in [7, 11) is 0. The van der Waals surface area contributed by atoms with Gasteiger partial charge in [0.25, 0.3) is 0 Å². The average molecular weight is 367 g/mol. The van der Waals surface area contributed by atoms with E-state index in [9.17, 15) is 0 Å². The molecular formula is C22H23ClN2O. The van der Waals surface area contributed by atoms with Crippen LogP contribution in [0, 0.1) is 5.92 Å². The van der Waals surface area contributed by atoms with Crippen molar-refractivity contribution < 1.29 is 4.74 Å². The predicted molar refractivity (Wildman–Crippen MR) is 110 cm³/mol. The fourth-order valence-electron chi connectivity index (χ4n) is 3.27. The first-order valence-corrected chi connectivity index (χ1v) is 8.77. The van der Waals surface area contributed by atoms with Gasteiger partial charge in [-0.05, 0) is 29.5 Å². The number of benzene rings is 3. The largest absolute Gasteiger partial charge is 0.485 e. The molecule has 3 nitrogen and oxygen atoms in total. The molecule has 0 saturated carbocycles. The molecule has 0 aliphatic carbocycles. The molecule has 0 radical (unpaired) electrons. The van der Waals surface area contributed by atoms with Gasteiger partial charge in [0.2, 0.25) is 0 Å². The van der Waals surface area contributed by atoms with Crippen LogP contribution in [0.3, 0.4) is 0 Å². The molecule has 134 valence electrons. The third-order valence-electron chi connectivity index (χ3n) is 4.39. The fraction of sp³-hybridized carbons (Fsp3) is 0.227. The van der Waals surface area contributed by atoms with Crippen LogP contribution in [0.5, 0.6) is 5.75 Å². The molecular weight excluding hydrogens is 344 g/mol. The number of imidazole rings is 1. The summed E-state index contributed by atoms with van der Waals surface area (Å²) in [6.07, 6.45) is 0. The van der Waals surface area contributed by atoms with E-state index in [1.165, 1.54) is 10.9 Å². The maximum absolute atomic E-state index is 6.17. The molecule has 1 aromatic heterocycles. The van der Waals surface area contributed by atoms with Crippen molar-refractivity contribution in [1.29, 1.82) is 0 Å². The Labute approximate surface area is 160 Å². The van der Waals surface area contributed by atoms with Gasteiger partial charge in [-0.15, -0.1) is 12.4 Å². The number of fused-ring (bicyclic) bond motifs is 2. The summed E-state index contributed by atoms with van der Waals surface area (Å²) >= 11 is 0. The first kappa shape index (κ1) is 18.3. The highest BCUT2D eigenvalue weighted by Crippen LogP contribution is 2.26. The Morgan fingerprint density at radius 1 is 0.923 bits per heavy atom. The van der Waals surface area contributed by atoms with E-state index in [1.54, 1.807) is 0 Å². The molecule has 1 heterocycles. The van der Waals surface area contributed by atoms with E-state index in [0.717, 1.165) is 29.0 Å². The van der Waals surface area contributed by atoms with Gasteiger partial charge in [0.1, 0.15) is 18.2 Å². The molecule has 4 rings (SSSR count). The van der Waals surface area contributed by atoms with E-state index in [0.29, 0.717) is 12.5 Å². The molecule has 0 bridgehead atoms. The minimum absolute atomic E-state index is 0. The van der Waals surface area contributed by atoms with Crippen LogP contribution in [0.4, 0.5) is 0 Å². The summed E-state index contributed by atoms with van der Waals surface area (Å²) in [4.78, 5) is 4.80. The standard InChI is InChI=1S/C22H22N2O.ClH/c1-16(2)14-24-20-12-6-5-11-19(20)23-22(24)15-25-21-13-7-9-17-8-3-4-10-18(17)21;/h3-13,16H,14-15H2,1-2H3;1H. The van der Waals surface area contributed by atoms with Gasteiger partial charge in [-0.2, -0.15) is 0 Å². The van der Waals surface area contributed by atoms with Crippen LogP contribution in [0.1, 0.15) is 19.7 Å². The van der Waals surface area contributed by atoms with E-state index in [4.69, 9.17) is 9.72 Å². The Morgan fingerprint density at radius 2 is 1.65 bits per heavy atom. The Hall–Kier alpha value is -2.52. The minimum atomic E-state index is 0. The van der Waals surface area contributed by atoms with Gasteiger partial charge in [-0.1, -0.05) is 62.4 Å². The predicted octanol–water partition coefficient (Wildman–Crippen LogP) is 5.85. The van der Waals surface area contributed by atoms with E-state index in [1.807, 2.05) is 30.3 Å². The van der Waals surface area contributed by atoms with Crippen LogP contribution in [0.2, 0.25) is 0 Å². The Kier molecular flexibility index (Phi) is 5.48. The number of para-hydroxylation sites is 2. The molecule has 0 saturated heterocycles. The van der Waals surface area contributed by atoms with Gasteiger partial charge < -0.3 is 9.30 Å². The highest BCUT2D eigenvalue weighted by Gasteiger charge is 2.12. The van der Waals surface area contributed by atoms with Crippen molar-refractivity contribution in [2.24, 2.45) is 5.92 Å². The molecule has 0 amide bonds. The molecule has 0 spiro atoms. The monoisotopic (exact) mass is 366 g/mol. The number of hydrogen-bond acceptors (Lipinski definition) is 2. The summed E-state index contributed by atoms with van der Waals surface area (Å²) in [6, 6.07) is 22.8. The van der Waals surface area contributed by atoms with Crippen LogP contribution in [0.25, 0.3) is 21.8 Å². The van der Waals surface area contributed by atoms with Crippen molar-refractivity contribution in [3.8, 4) is 5.75 Å². The van der Waals surface area contributed by atoms with Crippen molar-refractivity contribution >= 4 is 34.2 Å². The van der Waals surface area contributed by atoms with Crippen molar-refractivity contribution in [3.63, 3.8) is 0 Å². The zero-order chi connectivity index (χ0) is 17.2. The van der Waals surface area contributed by atoms with Crippen molar-refractivity contribution in [3.05, 3.63) is 72.6 Å². The molecule has 0 N–H and O–H groups in total. The van der Waals surface area contributed by atoms with Gasteiger partial charge in [0, 0.05) is 11.9 Å². The molecule has 0 aliphatic heterocycles. The van der Waals surface area contributed by atoms with Crippen LogP contribution in [-0.4, -0.2) is 9.55 Å². The van der Waals surface area contributed by atoms with Crippen LogP contribution < -0.4 is 4.74 Å².